The third-order valence-corrected chi connectivity index (χ3v) is 4.24. The van der Waals surface area contributed by atoms with E-state index in [0.29, 0.717) is 6.04 Å². The van der Waals surface area contributed by atoms with E-state index in [1.807, 2.05) is 12.1 Å². The van der Waals surface area contributed by atoms with Gasteiger partial charge in [-0.3, -0.25) is 0 Å². The summed E-state index contributed by atoms with van der Waals surface area (Å²) in [4.78, 5) is 0. The third kappa shape index (κ3) is 4.11. The van der Waals surface area contributed by atoms with E-state index in [1.165, 1.54) is 30.4 Å². The van der Waals surface area contributed by atoms with Crippen LogP contribution < -0.4 is 5.32 Å². The topological polar surface area (TPSA) is 12.0 Å². The molecular weight excluding hydrogens is 310 g/mol. The van der Waals surface area contributed by atoms with E-state index in [-0.39, 0.29) is 0 Å². The van der Waals surface area contributed by atoms with Crippen LogP contribution in [-0.4, -0.2) is 0 Å². The number of para-hydroxylation sites is 1. The Hall–Kier alpha value is -1.28. The number of anilines is 1. The summed E-state index contributed by atoms with van der Waals surface area (Å²) in [5.41, 5.74) is 3.89. The van der Waals surface area contributed by atoms with Gasteiger partial charge in [0.2, 0.25) is 0 Å². The van der Waals surface area contributed by atoms with Crippen LogP contribution >= 0.6 is 15.9 Å². The van der Waals surface area contributed by atoms with Crippen molar-refractivity contribution in [1.82, 2.24) is 0 Å². The molecule has 0 saturated heterocycles. The van der Waals surface area contributed by atoms with Crippen molar-refractivity contribution in [3.05, 3.63) is 64.1 Å². The minimum Gasteiger partial charge on any atom is -0.378 e. The highest BCUT2D eigenvalue weighted by Gasteiger charge is 2.07. The summed E-state index contributed by atoms with van der Waals surface area (Å²) in [5.74, 6) is 0. The Bertz CT molecular complexity index is 533. The van der Waals surface area contributed by atoms with E-state index in [0.717, 1.165) is 10.2 Å². The van der Waals surface area contributed by atoms with E-state index in [1.54, 1.807) is 0 Å². The van der Waals surface area contributed by atoms with Gasteiger partial charge in [0.05, 0.1) is 0 Å². The summed E-state index contributed by atoms with van der Waals surface area (Å²) in [6, 6.07) is 17.5. The largest absolute Gasteiger partial charge is 0.378 e. The average Bonchev–Trinajstić information content (AvgIpc) is 2.48. The molecule has 0 fully saturated rings. The molecule has 2 heteroatoms. The first-order chi connectivity index (χ1) is 9.70. The maximum Gasteiger partial charge on any atom is 0.0489 e. The van der Waals surface area contributed by atoms with Crippen LogP contribution in [0.3, 0.4) is 0 Å². The number of rotatable bonds is 6. The van der Waals surface area contributed by atoms with E-state index in [4.69, 9.17) is 0 Å². The second kappa shape index (κ2) is 7.49. The zero-order valence-corrected chi connectivity index (χ0v) is 13.8. The summed E-state index contributed by atoms with van der Waals surface area (Å²) < 4.78 is 1.10. The normalized spacial score (nSPS) is 12.2. The summed E-state index contributed by atoms with van der Waals surface area (Å²) in [5, 5.41) is 3.54. The van der Waals surface area contributed by atoms with Gasteiger partial charge in [0.1, 0.15) is 0 Å². The predicted octanol–water partition coefficient (Wildman–Crippen LogP) is 5.96. The summed E-state index contributed by atoms with van der Waals surface area (Å²) >= 11 is 3.57. The van der Waals surface area contributed by atoms with E-state index >= 15 is 0 Å². The van der Waals surface area contributed by atoms with Crippen LogP contribution in [0.2, 0.25) is 0 Å². The fraction of sp³-hybridized carbons (Fsp3) is 0.333. The zero-order chi connectivity index (χ0) is 14.4. The SMILES string of the molecule is CCCCc1ccc(C(C)Nc2ccccc2Br)cc1. The number of halogens is 1. The molecule has 2 aromatic rings. The molecule has 1 unspecified atom stereocenters. The maximum absolute atomic E-state index is 3.57. The first-order valence-corrected chi connectivity index (χ1v) is 8.10. The van der Waals surface area contributed by atoms with Gasteiger partial charge in [-0.05, 0) is 59.0 Å². The molecule has 1 N–H and O–H groups in total. The lowest BCUT2D eigenvalue weighted by Crippen LogP contribution is -2.07. The minimum atomic E-state index is 0.300. The highest BCUT2D eigenvalue weighted by atomic mass is 79.9. The summed E-state index contributed by atoms with van der Waals surface area (Å²) in [7, 11) is 0. The molecule has 1 atom stereocenters. The Labute approximate surface area is 130 Å². The lowest BCUT2D eigenvalue weighted by atomic mass is 10.0. The first kappa shape index (κ1) is 15.1. The first-order valence-electron chi connectivity index (χ1n) is 7.30. The van der Waals surface area contributed by atoms with Crippen LogP contribution in [-0.2, 0) is 6.42 Å². The molecule has 2 aromatic carbocycles. The Kier molecular flexibility index (Phi) is 5.66. The van der Waals surface area contributed by atoms with Crippen LogP contribution in [0.5, 0.6) is 0 Å². The molecule has 2 rings (SSSR count). The van der Waals surface area contributed by atoms with Crippen LogP contribution in [0.4, 0.5) is 5.69 Å². The van der Waals surface area contributed by atoms with Crippen LogP contribution in [0, 0.1) is 0 Å². The monoisotopic (exact) mass is 331 g/mol. The van der Waals surface area contributed by atoms with E-state index in [2.05, 4.69) is 71.5 Å². The van der Waals surface area contributed by atoms with E-state index < -0.39 is 0 Å². The molecule has 0 aliphatic heterocycles. The van der Waals surface area contributed by atoms with Crippen LogP contribution in [0.1, 0.15) is 43.9 Å². The third-order valence-electron chi connectivity index (χ3n) is 3.54. The van der Waals surface area contributed by atoms with Crippen LogP contribution in [0.25, 0.3) is 0 Å². The highest BCUT2D eigenvalue weighted by Crippen LogP contribution is 2.26. The van der Waals surface area contributed by atoms with Crippen molar-refractivity contribution in [2.75, 3.05) is 5.32 Å². The van der Waals surface area contributed by atoms with E-state index in [9.17, 15) is 0 Å². The standard InChI is InChI=1S/C18H22BrN/c1-3-4-7-15-10-12-16(13-11-15)14(2)20-18-9-6-5-8-17(18)19/h5-6,8-14,20H,3-4,7H2,1-2H3. The van der Waals surface area contributed by atoms with Gasteiger partial charge in [-0.25, -0.2) is 0 Å². The molecule has 0 radical (unpaired) electrons. The summed E-state index contributed by atoms with van der Waals surface area (Å²) in [6.45, 7) is 4.43. The molecule has 0 saturated carbocycles. The molecule has 0 aromatic heterocycles. The fourth-order valence-electron chi connectivity index (χ4n) is 2.25. The summed E-state index contributed by atoms with van der Waals surface area (Å²) in [6.07, 6.45) is 3.70. The maximum atomic E-state index is 3.57. The second-order valence-electron chi connectivity index (χ2n) is 5.19. The minimum absolute atomic E-state index is 0.300. The van der Waals surface area contributed by atoms with Crippen molar-refractivity contribution in [2.45, 2.75) is 39.2 Å². The van der Waals surface area contributed by atoms with Crippen molar-refractivity contribution in [1.29, 1.82) is 0 Å². The number of hydrogen-bond acceptors (Lipinski definition) is 1. The molecule has 0 heterocycles. The fourth-order valence-corrected chi connectivity index (χ4v) is 2.65. The molecule has 0 aliphatic carbocycles. The molecular formula is C18H22BrN. The Morgan fingerprint density at radius 2 is 1.75 bits per heavy atom. The molecule has 0 amide bonds. The molecule has 1 nitrogen and oxygen atoms in total. The number of unbranched alkanes of at least 4 members (excludes halogenated alkanes) is 1. The number of aryl methyl sites for hydroxylation is 1. The predicted molar refractivity (Wildman–Crippen MR) is 91.2 cm³/mol. The van der Waals surface area contributed by atoms with Gasteiger partial charge in [0.25, 0.3) is 0 Å². The van der Waals surface area contributed by atoms with Gasteiger partial charge in [-0.2, -0.15) is 0 Å². The van der Waals surface area contributed by atoms with Crippen molar-refractivity contribution < 1.29 is 0 Å². The molecule has 0 bridgehead atoms. The highest BCUT2D eigenvalue weighted by molar-refractivity contribution is 9.10. The van der Waals surface area contributed by atoms with Gasteiger partial charge in [-0.1, -0.05) is 49.7 Å². The number of hydrogen-bond donors (Lipinski definition) is 1. The zero-order valence-electron chi connectivity index (χ0n) is 12.2. The van der Waals surface area contributed by atoms with Crippen molar-refractivity contribution in [3.63, 3.8) is 0 Å². The Morgan fingerprint density at radius 3 is 2.40 bits per heavy atom. The Balaban J connectivity index is 2.02. The molecule has 0 spiro atoms. The van der Waals surface area contributed by atoms with Crippen LogP contribution in [0.15, 0.2) is 53.0 Å². The molecule has 20 heavy (non-hydrogen) atoms. The van der Waals surface area contributed by atoms with Crippen molar-refractivity contribution in [3.8, 4) is 0 Å². The lowest BCUT2D eigenvalue weighted by Gasteiger charge is -2.17. The molecule has 0 aliphatic rings. The quantitative estimate of drug-likeness (QED) is 0.688. The van der Waals surface area contributed by atoms with Gasteiger partial charge in [-0.15, -0.1) is 0 Å². The van der Waals surface area contributed by atoms with Gasteiger partial charge < -0.3 is 5.32 Å². The van der Waals surface area contributed by atoms with Gasteiger partial charge in [0.15, 0.2) is 0 Å². The second-order valence-corrected chi connectivity index (χ2v) is 6.05. The Morgan fingerprint density at radius 1 is 1.05 bits per heavy atom. The number of benzene rings is 2. The van der Waals surface area contributed by atoms with Crippen molar-refractivity contribution in [2.24, 2.45) is 0 Å². The van der Waals surface area contributed by atoms with Crippen molar-refractivity contribution >= 4 is 21.6 Å². The average molecular weight is 332 g/mol. The van der Waals surface area contributed by atoms with Gasteiger partial charge in [0, 0.05) is 16.2 Å². The lowest BCUT2D eigenvalue weighted by molar-refractivity contribution is 0.793. The number of nitrogens with one attached hydrogen (secondary N) is 1. The van der Waals surface area contributed by atoms with Gasteiger partial charge >= 0.3 is 0 Å². The smallest absolute Gasteiger partial charge is 0.0489 e. The molecule has 106 valence electrons.